The van der Waals surface area contributed by atoms with Gasteiger partial charge in [-0.1, -0.05) is 91.0 Å². The van der Waals surface area contributed by atoms with Crippen molar-refractivity contribution in [3.8, 4) is 5.75 Å². The number of nitrogens with one attached hydrogen (secondary N) is 1. The molecule has 4 aromatic rings. The Morgan fingerprint density at radius 1 is 0.800 bits per heavy atom. The molecule has 1 heterocycles. The summed E-state index contributed by atoms with van der Waals surface area (Å²) in [4.78, 5) is 13.8. The molecule has 0 spiro atoms. The number of benzene rings is 4. The van der Waals surface area contributed by atoms with Crippen molar-refractivity contribution in [2.24, 2.45) is 5.10 Å². The van der Waals surface area contributed by atoms with Gasteiger partial charge in [0, 0.05) is 6.54 Å². The largest absolute Gasteiger partial charge is 0.508 e. The molecule has 2 N–H and O–H groups in total. The Bertz CT molecular complexity index is 1290. The zero-order chi connectivity index (χ0) is 24.0. The molecule has 2 unspecified atom stereocenters. The Morgan fingerprint density at radius 3 is 2.06 bits per heavy atom. The van der Waals surface area contributed by atoms with Gasteiger partial charge in [-0.15, -0.1) is 0 Å². The van der Waals surface area contributed by atoms with Crippen LogP contribution in [0.15, 0.2) is 120 Å². The molecular formula is C30H27N3O2. The minimum absolute atomic E-state index is 0.0730. The predicted molar refractivity (Wildman–Crippen MR) is 140 cm³/mol. The lowest BCUT2D eigenvalue weighted by atomic mass is 9.84. The van der Waals surface area contributed by atoms with E-state index in [-0.39, 0.29) is 17.6 Å². The summed E-state index contributed by atoms with van der Waals surface area (Å²) in [7, 11) is 0. The van der Waals surface area contributed by atoms with Gasteiger partial charge in [0.2, 0.25) is 5.91 Å². The highest BCUT2D eigenvalue weighted by atomic mass is 16.3. The maximum absolute atomic E-state index is 13.8. The van der Waals surface area contributed by atoms with Crippen molar-refractivity contribution in [2.75, 3.05) is 11.6 Å². The van der Waals surface area contributed by atoms with E-state index in [4.69, 9.17) is 5.10 Å². The molecule has 174 valence electrons. The lowest BCUT2D eigenvalue weighted by Gasteiger charge is -2.27. The molecule has 0 fully saturated rings. The molecule has 0 saturated heterocycles. The van der Waals surface area contributed by atoms with Crippen LogP contribution >= 0.6 is 0 Å². The number of carbonyl (C=O) groups excluding carboxylic acids is 1. The summed E-state index contributed by atoms with van der Waals surface area (Å²) in [5.41, 5.74) is 4.85. The van der Waals surface area contributed by atoms with E-state index in [1.807, 2.05) is 96.0 Å². The standard InChI is InChI=1S/C30H27N3O2/c34-26-18-16-22(17-19-26)20-21-31-30(35)29-27(23-10-4-1-5-11-23)28(24-12-6-2-7-13-24)32-33(29)25-14-8-3-9-15-25/h1-19,27,29,34H,20-21H2,(H,31,35). The summed E-state index contributed by atoms with van der Waals surface area (Å²) >= 11 is 0. The normalized spacial score (nSPS) is 17.1. The zero-order valence-electron chi connectivity index (χ0n) is 19.3. The molecule has 0 radical (unpaired) electrons. The maximum Gasteiger partial charge on any atom is 0.245 e. The predicted octanol–water partition coefficient (Wildman–Crippen LogP) is 5.13. The molecule has 2 atom stereocenters. The number of hydrogen-bond acceptors (Lipinski definition) is 4. The van der Waals surface area contributed by atoms with E-state index >= 15 is 0 Å². The summed E-state index contributed by atoms with van der Waals surface area (Å²) in [6.07, 6.45) is 0.673. The molecule has 0 aliphatic carbocycles. The summed E-state index contributed by atoms with van der Waals surface area (Å²) in [6.45, 7) is 0.491. The van der Waals surface area contributed by atoms with E-state index in [0.717, 1.165) is 28.1 Å². The van der Waals surface area contributed by atoms with Gasteiger partial charge in [-0.25, -0.2) is 0 Å². The molecular weight excluding hydrogens is 434 g/mol. The number of anilines is 1. The van der Waals surface area contributed by atoms with Crippen molar-refractivity contribution < 1.29 is 9.90 Å². The second-order valence-electron chi connectivity index (χ2n) is 8.57. The van der Waals surface area contributed by atoms with Crippen molar-refractivity contribution in [3.05, 3.63) is 132 Å². The maximum atomic E-state index is 13.8. The van der Waals surface area contributed by atoms with Gasteiger partial charge in [-0.3, -0.25) is 9.80 Å². The van der Waals surface area contributed by atoms with Gasteiger partial charge in [0.25, 0.3) is 0 Å². The first kappa shape index (κ1) is 22.4. The Hall–Kier alpha value is -4.38. The number of phenolic OH excluding ortho intramolecular Hbond substituents is 1. The fourth-order valence-corrected chi connectivity index (χ4v) is 4.54. The van der Waals surface area contributed by atoms with Crippen LogP contribution in [0.4, 0.5) is 5.69 Å². The van der Waals surface area contributed by atoms with Crippen LogP contribution in [-0.2, 0) is 11.2 Å². The summed E-state index contributed by atoms with van der Waals surface area (Å²) < 4.78 is 0. The highest BCUT2D eigenvalue weighted by Crippen LogP contribution is 2.37. The number of amides is 1. The average molecular weight is 462 g/mol. The monoisotopic (exact) mass is 461 g/mol. The Kier molecular flexibility index (Phi) is 6.57. The number of rotatable bonds is 7. The smallest absolute Gasteiger partial charge is 0.245 e. The minimum atomic E-state index is -0.533. The minimum Gasteiger partial charge on any atom is -0.508 e. The van der Waals surface area contributed by atoms with Gasteiger partial charge in [-0.2, -0.15) is 5.10 Å². The van der Waals surface area contributed by atoms with E-state index in [1.54, 1.807) is 12.1 Å². The molecule has 5 heteroatoms. The first-order chi connectivity index (χ1) is 17.2. The van der Waals surface area contributed by atoms with Crippen molar-refractivity contribution >= 4 is 17.3 Å². The van der Waals surface area contributed by atoms with Gasteiger partial charge in [0.05, 0.1) is 17.3 Å². The van der Waals surface area contributed by atoms with E-state index in [9.17, 15) is 9.90 Å². The van der Waals surface area contributed by atoms with Gasteiger partial charge in [0.15, 0.2) is 0 Å². The molecule has 1 aliphatic rings. The molecule has 1 amide bonds. The molecule has 0 aromatic heterocycles. The SMILES string of the molecule is O=C(NCCc1ccc(O)cc1)C1C(c2ccccc2)C(c2ccccc2)=NN1c1ccccc1. The van der Waals surface area contributed by atoms with Crippen LogP contribution in [0, 0.1) is 0 Å². The number of hydrogen-bond donors (Lipinski definition) is 2. The summed E-state index contributed by atoms with van der Waals surface area (Å²) in [6, 6.07) is 36.6. The fourth-order valence-electron chi connectivity index (χ4n) is 4.54. The van der Waals surface area contributed by atoms with E-state index < -0.39 is 6.04 Å². The Balaban J connectivity index is 1.48. The van der Waals surface area contributed by atoms with Crippen molar-refractivity contribution in [1.29, 1.82) is 0 Å². The lowest BCUT2D eigenvalue weighted by molar-refractivity contribution is -0.122. The van der Waals surface area contributed by atoms with Crippen LogP contribution in [0.3, 0.4) is 0 Å². The third-order valence-electron chi connectivity index (χ3n) is 6.26. The van der Waals surface area contributed by atoms with Crippen LogP contribution in [0.5, 0.6) is 5.75 Å². The number of nitrogens with zero attached hydrogens (tertiary/aromatic N) is 2. The topological polar surface area (TPSA) is 64.9 Å². The molecule has 5 nitrogen and oxygen atoms in total. The number of para-hydroxylation sites is 1. The van der Waals surface area contributed by atoms with Gasteiger partial charge in [-0.05, 0) is 47.4 Å². The number of carbonyl (C=O) groups is 1. The Labute approximate surface area is 205 Å². The highest BCUT2D eigenvalue weighted by molar-refractivity contribution is 6.11. The van der Waals surface area contributed by atoms with Crippen molar-refractivity contribution in [3.63, 3.8) is 0 Å². The van der Waals surface area contributed by atoms with Gasteiger partial charge in [0.1, 0.15) is 11.8 Å². The first-order valence-electron chi connectivity index (χ1n) is 11.8. The number of hydrazone groups is 1. The van der Waals surface area contributed by atoms with Crippen molar-refractivity contribution in [1.82, 2.24) is 5.32 Å². The van der Waals surface area contributed by atoms with Crippen LogP contribution in [0.25, 0.3) is 0 Å². The first-order valence-corrected chi connectivity index (χ1v) is 11.8. The van der Waals surface area contributed by atoms with Crippen LogP contribution in [0.1, 0.15) is 22.6 Å². The lowest BCUT2D eigenvalue weighted by Crippen LogP contribution is -2.46. The fraction of sp³-hybridized carbons (Fsp3) is 0.133. The highest BCUT2D eigenvalue weighted by Gasteiger charge is 2.44. The molecule has 35 heavy (non-hydrogen) atoms. The number of aromatic hydroxyl groups is 1. The molecule has 5 rings (SSSR count). The molecule has 0 saturated carbocycles. The Morgan fingerprint density at radius 2 is 1.40 bits per heavy atom. The van der Waals surface area contributed by atoms with Crippen LogP contribution in [-0.4, -0.2) is 29.3 Å². The molecule has 4 aromatic carbocycles. The second kappa shape index (κ2) is 10.3. The van der Waals surface area contributed by atoms with E-state index in [2.05, 4.69) is 17.4 Å². The zero-order valence-corrected chi connectivity index (χ0v) is 19.3. The van der Waals surface area contributed by atoms with E-state index in [1.165, 1.54) is 0 Å². The third kappa shape index (κ3) is 4.94. The van der Waals surface area contributed by atoms with Crippen LogP contribution in [0.2, 0.25) is 0 Å². The van der Waals surface area contributed by atoms with Crippen LogP contribution < -0.4 is 10.3 Å². The third-order valence-corrected chi connectivity index (χ3v) is 6.26. The van der Waals surface area contributed by atoms with Gasteiger partial charge >= 0.3 is 0 Å². The van der Waals surface area contributed by atoms with Crippen molar-refractivity contribution in [2.45, 2.75) is 18.4 Å². The molecule has 0 bridgehead atoms. The van der Waals surface area contributed by atoms with Gasteiger partial charge < -0.3 is 10.4 Å². The van der Waals surface area contributed by atoms with E-state index in [0.29, 0.717) is 13.0 Å². The number of phenols is 1. The quantitative estimate of drug-likeness (QED) is 0.401. The average Bonchev–Trinajstić information content (AvgIpc) is 3.32. The summed E-state index contributed by atoms with van der Waals surface area (Å²) in [5.74, 6) is -0.0674. The second-order valence-corrected chi connectivity index (χ2v) is 8.57. The molecule has 1 aliphatic heterocycles. The summed E-state index contributed by atoms with van der Waals surface area (Å²) in [5, 5.41) is 19.5.